The Morgan fingerprint density at radius 3 is 2.45 bits per heavy atom. The molecule has 0 bridgehead atoms. The number of nitrogens with one attached hydrogen (secondary N) is 1. The highest BCUT2D eigenvalue weighted by atomic mass is 32.2. The molecule has 1 heterocycles. The quantitative estimate of drug-likeness (QED) is 0.496. The number of hydrogen-bond acceptors (Lipinski definition) is 6. The van der Waals surface area contributed by atoms with Crippen LogP contribution in [-0.4, -0.2) is 32.2 Å². The maximum atomic E-state index is 13.0. The third-order valence-electron chi connectivity index (χ3n) is 4.15. The number of hydrogen-bond donors (Lipinski definition) is 1. The van der Waals surface area contributed by atoms with Gasteiger partial charge < -0.3 is 23.6 Å². The van der Waals surface area contributed by atoms with Gasteiger partial charge in [0.15, 0.2) is 0 Å². The second kappa shape index (κ2) is 10.0. The molecular formula is C22H24N2O6S. The molecule has 2 amide bonds. The highest BCUT2D eigenvalue weighted by molar-refractivity contribution is 7.86. The van der Waals surface area contributed by atoms with Crippen molar-refractivity contribution in [3.8, 4) is 11.5 Å². The molecule has 1 aromatic heterocycles. The number of amides is 2. The Balaban J connectivity index is 1.76. The van der Waals surface area contributed by atoms with Crippen molar-refractivity contribution < 1.29 is 26.5 Å². The van der Waals surface area contributed by atoms with Crippen molar-refractivity contribution in [2.75, 3.05) is 18.2 Å². The van der Waals surface area contributed by atoms with Crippen molar-refractivity contribution in [2.24, 2.45) is 0 Å². The lowest BCUT2D eigenvalue weighted by Gasteiger charge is -2.22. The molecule has 0 saturated heterocycles. The Morgan fingerprint density at radius 1 is 1.03 bits per heavy atom. The lowest BCUT2D eigenvalue weighted by atomic mass is 10.2. The van der Waals surface area contributed by atoms with Crippen LogP contribution in [0.1, 0.15) is 18.2 Å². The summed E-state index contributed by atoms with van der Waals surface area (Å²) in [4.78, 5) is 14.5. The van der Waals surface area contributed by atoms with Crippen molar-refractivity contribution in [1.29, 1.82) is 0 Å². The minimum atomic E-state index is -3.65. The van der Waals surface area contributed by atoms with Crippen molar-refractivity contribution >= 4 is 21.8 Å². The SMILES string of the molecule is CCOc1ccc(NC(=O)N(Cc2cccc(OS(C)(=O)=O)c2)Cc2ccco2)cc1. The molecule has 0 aliphatic carbocycles. The van der Waals surface area contributed by atoms with E-state index in [4.69, 9.17) is 13.3 Å². The second-order valence-corrected chi connectivity index (χ2v) is 8.33. The lowest BCUT2D eigenvalue weighted by Crippen LogP contribution is -2.34. The number of nitrogens with zero attached hydrogens (tertiary/aromatic N) is 1. The summed E-state index contributed by atoms with van der Waals surface area (Å²) in [7, 11) is -3.65. The van der Waals surface area contributed by atoms with Gasteiger partial charge in [-0.2, -0.15) is 8.42 Å². The number of rotatable bonds is 9. The van der Waals surface area contributed by atoms with Gasteiger partial charge in [0.1, 0.15) is 17.3 Å². The molecule has 0 atom stereocenters. The van der Waals surface area contributed by atoms with E-state index >= 15 is 0 Å². The first-order chi connectivity index (χ1) is 14.8. The summed E-state index contributed by atoms with van der Waals surface area (Å²) in [6.45, 7) is 2.90. The summed E-state index contributed by atoms with van der Waals surface area (Å²) in [6, 6.07) is 16.8. The molecule has 2 aromatic carbocycles. The molecule has 0 aliphatic heterocycles. The molecule has 0 saturated carbocycles. The van der Waals surface area contributed by atoms with Crippen LogP contribution >= 0.6 is 0 Å². The molecule has 164 valence electrons. The van der Waals surface area contributed by atoms with Crippen LogP contribution in [0.15, 0.2) is 71.3 Å². The van der Waals surface area contributed by atoms with Crippen LogP contribution in [-0.2, 0) is 23.2 Å². The number of carbonyl (C=O) groups is 1. The molecule has 0 spiro atoms. The Kier molecular flexibility index (Phi) is 7.19. The predicted octanol–water partition coefficient (Wildman–Crippen LogP) is 4.25. The normalized spacial score (nSPS) is 11.0. The van der Waals surface area contributed by atoms with E-state index in [-0.39, 0.29) is 24.9 Å². The van der Waals surface area contributed by atoms with E-state index in [2.05, 4.69) is 5.32 Å². The summed E-state index contributed by atoms with van der Waals surface area (Å²) in [6.07, 6.45) is 2.52. The third-order valence-corrected chi connectivity index (χ3v) is 4.65. The van der Waals surface area contributed by atoms with Crippen LogP contribution in [0, 0.1) is 0 Å². The van der Waals surface area contributed by atoms with E-state index in [1.165, 1.54) is 0 Å². The highest BCUT2D eigenvalue weighted by Gasteiger charge is 2.17. The zero-order valence-corrected chi connectivity index (χ0v) is 18.1. The maximum Gasteiger partial charge on any atom is 0.322 e. The van der Waals surface area contributed by atoms with Gasteiger partial charge in [0.25, 0.3) is 0 Å². The van der Waals surface area contributed by atoms with Crippen molar-refractivity contribution in [3.05, 3.63) is 78.3 Å². The van der Waals surface area contributed by atoms with Crippen LogP contribution in [0.25, 0.3) is 0 Å². The van der Waals surface area contributed by atoms with Gasteiger partial charge >= 0.3 is 16.1 Å². The van der Waals surface area contributed by atoms with E-state index in [0.29, 0.717) is 23.6 Å². The van der Waals surface area contributed by atoms with Gasteiger partial charge in [-0.1, -0.05) is 12.1 Å². The molecule has 31 heavy (non-hydrogen) atoms. The van der Waals surface area contributed by atoms with E-state index in [9.17, 15) is 13.2 Å². The second-order valence-electron chi connectivity index (χ2n) is 6.76. The largest absolute Gasteiger partial charge is 0.494 e. The standard InChI is InChI=1S/C22H24N2O6S/c1-3-28-19-11-9-18(10-12-19)23-22(25)24(16-21-8-5-13-29-21)15-17-6-4-7-20(14-17)30-31(2,26)27/h4-14H,3,15-16H2,1-2H3,(H,23,25). The highest BCUT2D eigenvalue weighted by Crippen LogP contribution is 2.20. The van der Waals surface area contributed by atoms with Crippen LogP contribution in [0.5, 0.6) is 11.5 Å². The fourth-order valence-electron chi connectivity index (χ4n) is 2.88. The molecule has 8 nitrogen and oxygen atoms in total. The van der Waals surface area contributed by atoms with E-state index in [1.807, 2.05) is 6.92 Å². The topological polar surface area (TPSA) is 98.1 Å². The zero-order valence-electron chi connectivity index (χ0n) is 17.3. The Morgan fingerprint density at radius 2 is 1.81 bits per heavy atom. The van der Waals surface area contributed by atoms with Gasteiger partial charge in [0, 0.05) is 12.2 Å². The number of benzene rings is 2. The molecule has 1 N–H and O–H groups in total. The van der Waals surface area contributed by atoms with Gasteiger partial charge in [0.05, 0.1) is 25.7 Å². The van der Waals surface area contributed by atoms with E-state index in [0.717, 1.165) is 12.0 Å². The molecule has 9 heteroatoms. The summed E-state index contributed by atoms with van der Waals surface area (Å²) >= 11 is 0. The van der Waals surface area contributed by atoms with E-state index < -0.39 is 10.1 Å². The fraction of sp³-hybridized carbons (Fsp3) is 0.227. The average molecular weight is 445 g/mol. The molecule has 0 radical (unpaired) electrons. The van der Waals surface area contributed by atoms with Crippen molar-refractivity contribution in [2.45, 2.75) is 20.0 Å². The molecule has 3 aromatic rings. The summed E-state index contributed by atoms with van der Waals surface area (Å²) < 4.78 is 38.6. The van der Waals surface area contributed by atoms with Crippen LogP contribution < -0.4 is 14.2 Å². The smallest absolute Gasteiger partial charge is 0.322 e. The monoisotopic (exact) mass is 444 g/mol. The van der Waals surface area contributed by atoms with Crippen LogP contribution in [0.3, 0.4) is 0 Å². The van der Waals surface area contributed by atoms with Gasteiger partial charge in [-0.3, -0.25) is 0 Å². The minimum absolute atomic E-state index is 0.185. The van der Waals surface area contributed by atoms with Crippen LogP contribution in [0.4, 0.5) is 10.5 Å². The van der Waals surface area contributed by atoms with Crippen molar-refractivity contribution in [3.63, 3.8) is 0 Å². The molecule has 3 rings (SSSR count). The van der Waals surface area contributed by atoms with Gasteiger partial charge in [-0.25, -0.2) is 4.79 Å². The molecular weight excluding hydrogens is 420 g/mol. The Hall–Kier alpha value is -3.46. The zero-order chi connectivity index (χ0) is 22.3. The van der Waals surface area contributed by atoms with Gasteiger partial charge in [0.2, 0.25) is 0 Å². The summed E-state index contributed by atoms with van der Waals surface area (Å²) in [5, 5.41) is 2.86. The Bertz CT molecular complexity index is 1100. The molecule has 0 unspecified atom stereocenters. The predicted molar refractivity (Wildman–Crippen MR) is 116 cm³/mol. The average Bonchev–Trinajstić information content (AvgIpc) is 3.21. The fourth-order valence-corrected chi connectivity index (χ4v) is 3.34. The maximum absolute atomic E-state index is 13.0. The number of anilines is 1. The number of carbonyl (C=O) groups excluding carboxylic acids is 1. The number of urea groups is 1. The molecule has 0 fully saturated rings. The van der Waals surface area contributed by atoms with Gasteiger partial charge in [-0.05, 0) is 61.0 Å². The number of ether oxygens (including phenoxy) is 1. The first-order valence-corrected chi connectivity index (χ1v) is 11.4. The van der Waals surface area contributed by atoms with E-state index in [1.54, 1.807) is 71.8 Å². The van der Waals surface area contributed by atoms with Crippen molar-refractivity contribution in [1.82, 2.24) is 4.90 Å². The van der Waals surface area contributed by atoms with Gasteiger partial charge in [-0.15, -0.1) is 0 Å². The number of furan rings is 1. The molecule has 0 aliphatic rings. The first kappa shape index (κ1) is 22.2. The summed E-state index contributed by atoms with van der Waals surface area (Å²) in [5.41, 5.74) is 1.32. The van der Waals surface area contributed by atoms with Crippen LogP contribution in [0.2, 0.25) is 0 Å². The Labute approximate surface area is 181 Å². The minimum Gasteiger partial charge on any atom is -0.494 e. The lowest BCUT2D eigenvalue weighted by molar-refractivity contribution is 0.201. The summed E-state index contributed by atoms with van der Waals surface area (Å²) in [5.74, 6) is 1.52. The third kappa shape index (κ3) is 7.07. The first-order valence-electron chi connectivity index (χ1n) is 9.62.